The zero-order valence-electron chi connectivity index (χ0n) is 18.0. The first-order valence-electron chi connectivity index (χ1n) is 11.1. The zero-order valence-corrected chi connectivity index (χ0v) is 18.0. The highest BCUT2D eigenvalue weighted by molar-refractivity contribution is 5.85. The highest BCUT2D eigenvalue weighted by atomic mass is 19.1. The molecule has 4 rings (SSSR count). The second kappa shape index (κ2) is 9.47. The summed E-state index contributed by atoms with van der Waals surface area (Å²) in [5, 5.41) is 1.54. The average molecular weight is 403 g/mol. The van der Waals surface area contributed by atoms with Gasteiger partial charge in [0.15, 0.2) is 11.6 Å². The molecule has 3 aromatic carbocycles. The highest BCUT2D eigenvalue weighted by Gasteiger charge is 2.20. The molecule has 0 spiro atoms. The number of aryl methyl sites for hydroxylation is 2. The summed E-state index contributed by atoms with van der Waals surface area (Å²) in [6.07, 6.45) is 11.7. The van der Waals surface area contributed by atoms with Crippen molar-refractivity contribution in [1.29, 1.82) is 0 Å². The van der Waals surface area contributed by atoms with Crippen molar-refractivity contribution in [1.82, 2.24) is 0 Å². The Balaban J connectivity index is 1.37. The van der Waals surface area contributed by atoms with E-state index in [-0.39, 0.29) is 5.82 Å². The summed E-state index contributed by atoms with van der Waals surface area (Å²) in [6, 6.07) is 18.9. The largest absolute Gasteiger partial charge is 0.494 e. The number of hydrogen-bond acceptors (Lipinski definition) is 1. The van der Waals surface area contributed by atoms with Crippen LogP contribution in [0.1, 0.15) is 55.2 Å². The summed E-state index contributed by atoms with van der Waals surface area (Å²) < 4.78 is 19.5. The second-order valence-electron chi connectivity index (χ2n) is 8.52. The van der Waals surface area contributed by atoms with E-state index in [9.17, 15) is 4.39 Å². The minimum atomic E-state index is -0.281. The maximum atomic E-state index is 14.4. The fraction of sp³-hybridized carbons (Fsp3) is 0.357. The number of benzene rings is 3. The van der Waals surface area contributed by atoms with Crippen LogP contribution in [0.25, 0.3) is 10.8 Å². The molecule has 1 aliphatic carbocycles. The molecule has 30 heavy (non-hydrogen) atoms. The predicted octanol–water partition coefficient (Wildman–Crippen LogP) is 7.62. The van der Waals surface area contributed by atoms with Crippen LogP contribution in [0.5, 0.6) is 5.75 Å². The predicted molar refractivity (Wildman–Crippen MR) is 124 cm³/mol. The lowest BCUT2D eigenvalue weighted by molar-refractivity contribution is 0.375. The molecule has 0 radical (unpaired) electrons. The number of allylic oxidation sites excluding steroid dienone is 2. The number of ether oxygens (including phenoxy) is 1. The lowest BCUT2D eigenvalue weighted by atomic mass is 9.78. The number of methoxy groups -OCH3 is 1. The summed E-state index contributed by atoms with van der Waals surface area (Å²) in [4.78, 5) is 0. The molecule has 0 bridgehead atoms. The van der Waals surface area contributed by atoms with Crippen LogP contribution in [0.15, 0.2) is 66.7 Å². The van der Waals surface area contributed by atoms with Crippen molar-refractivity contribution < 1.29 is 9.13 Å². The van der Waals surface area contributed by atoms with Crippen LogP contribution >= 0.6 is 0 Å². The molecule has 0 aliphatic heterocycles. The maximum absolute atomic E-state index is 14.4. The molecule has 1 nitrogen and oxygen atoms in total. The summed E-state index contributed by atoms with van der Waals surface area (Å²) >= 11 is 0. The van der Waals surface area contributed by atoms with Crippen LogP contribution in [0.4, 0.5) is 4.39 Å². The summed E-state index contributed by atoms with van der Waals surface area (Å²) in [5.74, 6) is 1.51. The first kappa shape index (κ1) is 20.7. The Morgan fingerprint density at radius 3 is 2.30 bits per heavy atom. The van der Waals surface area contributed by atoms with Crippen molar-refractivity contribution in [3.63, 3.8) is 0 Å². The number of hydrogen-bond donors (Lipinski definition) is 0. The Morgan fingerprint density at radius 2 is 1.60 bits per heavy atom. The Labute approximate surface area is 179 Å². The van der Waals surface area contributed by atoms with Gasteiger partial charge in [-0.05, 0) is 85.4 Å². The molecule has 0 atom stereocenters. The zero-order chi connectivity index (χ0) is 20.9. The first-order valence-corrected chi connectivity index (χ1v) is 11.1. The van der Waals surface area contributed by atoms with E-state index in [2.05, 4.69) is 49.4 Å². The summed E-state index contributed by atoms with van der Waals surface area (Å²) in [6.45, 7) is 2.12. The normalized spacial score (nSPS) is 19.4. The molecule has 0 unspecified atom stereocenters. The van der Waals surface area contributed by atoms with Gasteiger partial charge in [0.1, 0.15) is 0 Å². The quantitative estimate of drug-likeness (QED) is 0.385. The molecule has 2 heteroatoms. The molecule has 156 valence electrons. The van der Waals surface area contributed by atoms with Crippen LogP contribution in [-0.2, 0) is 12.8 Å². The smallest absolute Gasteiger partial charge is 0.172 e. The van der Waals surface area contributed by atoms with Crippen LogP contribution in [0.3, 0.4) is 0 Å². The topological polar surface area (TPSA) is 9.23 Å². The van der Waals surface area contributed by atoms with E-state index in [0.29, 0.717) is 17.1 Å². The molecular formula is C28H31FO. The summed E-state index contributed by atoms with van der Waals surface area (Å²) in [7, 11) is 1.50. The average Bonchev–Trinajstić information content (AvgIpc) is 2.79. The van der Waals surface area contributed by atoms with Gasteiger partial charge in [-0.2, -0.15) is 0 Å². The van der Waals surface area contributed by atoms with Gasteiger partial charge in [-0.15, -0.1) is 0 Å². The Hall–Kier alpha value is -2.61. The van der Waals surface area contributed by atoms with Gasteiger partial charge >= 0.3 is 0 Å². The Bertz CT molecular complexity index is 1010. The van der Waals surface area contributed by atoms with Crippen molar-refractivity contribution in [3.05, 3.63) is 89.3 Å². The van der Waals surface area contributed by atoms with Gasteiger partial charge in [0, 0.05) is 5.39 Å². The van der Waals surface area contributed by atoms with E-state index in [1.807, 2.05) is 18.2 Å². The van der Waals surface area contributed by atoms with Crippen molar-refractivity contribution in [2.24, 2.45) is 5.92 Å². The first-order chi connectivity index (χ1) is 14.7. The van der Waals surface area contributed by atoms with E-state index in [1.54, 1.807) is 6.07 Å². The van der Waals surface area contributed by atoms with Crippen molar-refractivity contribution in [2.45, 2.75) is 51.4 Å². The number of rotatable bonds is 6. The molecule has 3 aromatic rings. The van der Waals surface area contributed by atoms with Gasteiger partial charge in [0.2, 0.25) is 0 Å². The van der Waals surface area contributed by atoms with Gasteiger partial charge in [-0.1, -0.05) is 60.7 Å². The molecule has 0 N–H and O–H groups in total. The number of halogens is 1. The van der Waals surface area contributed by atoms with E-state index in [4.69, 9.17) is 4.74 Å². The van der Waals surface area contributed by atoms with E-state index < -0.39 is 0 Å². The minimum absolute atomic E-state index is 0.281. The lowest BCUT2D eigenvalue weighted by Crippen LogP contribution is -2.11. The van der Waals surface area contributed by atoms with E-state index >= 15 is 0 Å². The Kier molecular flexibility index (Phi) is 6.52. The highest BCUT2D eigenvalue weighted by Crippen LogP contribution is 2.36. The molecule has 1 aliphatic rings. The molecule has 1 saturated carbocycles. The minimum Gasteiger partial charge on any atom is -0.494 e. The second-order valence-corrected chi connectivity index (χ2v) is 8.52. The standard InChI is InChI=1S/C28H31FO/c1-3-4-20-7-12-23(13-8-20)24-14-9-21(10-15-24)5-6-22-11-17-26-25(19-22)16-18-27(30-2)28(26)29/h3-4,9-11,14-20,23H,5-8,12-13H2,1-2H3/b4-3+. The van der Waals surface area contributed by atoms with Gasteiger partial charge in [-0.3, -0.25) is 0 Å². The van der Waals surface area contributed by atoms with Gasteiger partial charge < -0.3 is 4.74 Å². The van der Waals surface area contributed by atoms with Gasteiger partial charge in [-0.25, -0.2) is 4.39 Å². The fourth-order valence-corrected chi connectivity index (χ4v) is 4.80. The molecule has 0 heterocycles. The maximum Gasteiger partial charge on any atom is 0.172 e. The molecule has 0 saturated heterocycles. The number of fused-ring (bicyclic) bond motifs is 1. The van der Waals surface area contributed by atoms with E-state index in [1.165, 1.54) is 49.5 Å². The van der Waals surface area contributed by atoms with Crippen molar-refractivity contribution in [2.75, 3.05) is 7.11 Å². The molecule has 0 aromatic heterocycles. The molecular weight excluding hydrogens is 371 g/mol. The fourth-order valence-electron chi connectivity index (χ4n) is 4.80. The third-order valence-corrected chi connectivity index (χ3v) is 6.59. The van der Waals surface area contributed by atoms with Crippen LogP contribution in [0.2, 0.25) is 0 Å². The van der Waals surface area contributed by atoms with Crippen LogP contribution in [0, 0.1) is 11.7 Å². The SMILES string of the molecule is C/C=C/C1CCC(c2ccc(CCc3ccc4c(F)c(OC)ccc4c3)cc2)CC1. The van der Waals surface area contributed by atoms with Gasteiger partial charge in [0.05, 0.1) is 7.11 Å². The summed E-state index contributed by atoms with van der Waals surface area (Å²) in [5.41, 5.74) is 4.09. The van der Waals surface area contributed by atoms with Crippen molar-refractivity contribution in [3.8, 4) is 5.75 Å². The van der Waals surface area contributed by atoms with Gasteiger partial charge in [0.25, 0.3) is 0 Å². The lowest BCUT2D eigenvalue weighted by Gasteiger charge is -2.27. The van der Waals surface area contributed by atoms with Crippen molar-refractivity contribution >= 4 is 10.8 Å². The monoisotopic (exact) mass is 402 g/mol. The molecule has 1 fully saturated rings. The van der Waals surface area contributed by atoms with Crippen LogP contribution in [-0.4, -0.2) is 7.11 Å². The van der Waals surface area contributed by atoms with Crippen LogP contribution < -0.4 is 4.74 Å². The third kappa shape index (κ3) is 4.59. The molecule has 0 amide bonds. The Morgan fingerprint density at radius 1 is 0.900 bits per heavy atom. The third-order valence-electron chi connectivity index (χ3n) is 6.59. The van der Waals surface area contributed by atoms with E-state index in [0.717, 1.165) is 24.1 Å².